The van der Waals surface area contributed by atoms with Gasteiger partial charge in [0.2, 0.25) is 0 Å². The van der Waals surface area contributed by atoms with Gasteiger partial charge >= 0.3 is 0 Å². The molecule has 3 rings (SSSR count). The molecule has 0 radical (unpaired) electrons. The van der Waals surface area contributed by atoms with Gasteiger partial charge in [0.15, 0.2) is 0 Å². The summed E-state index contributed by atoms with van der Waals surface area (Å²) in [5.74, 6) is -0.267. The van der Waals surface area contributed by atoms with Crippen LogP contribution in [0.1, 0.15) is 28.4 Å². The van der Waals surface area contributed by atoms with E-state index in [0.717, 1.165) is 28.9 Å². The molecule has 0 aliphatic heterocycles. The van der Waals surface area contributed by atoms with Gasteiger partial charge in [0.1, 0.15) is 12.7 Å². The van der Waals surface area contributed by atoms with Crippen molar-refractivity contribution in [3.8, 4) is 5.69 Å². The molecule has 0 aliphatic carbocycles. The second kappa shape index (κ2) is 7.25. The van der Waals surface area contributed by atoms with Crippen molar-refractivity contribution in [3.63, 3.8) is 0 Å². The minimum Gasteiger partial charge on any atom is -0.321 e. The zero-order chi connectivity index (χ0) is 18.0. The van der Waals surface area contributed by atoms with Crippen molar-refractivity contribution in [1.82, 2.24) is 14.8 Å². The van der Waals surface area contributed by atoms with E-state index in [1.807, 2.05) is 30.5 Å². The highest BCUT2D eigenvalue weighted by Crippen LogP contribution is 2.27. The highest BCUT2D eigenvalue weighted by molar-refractivity contribution is 6.37. The van der Waals surface area contributed by atoms with Gasteiger partial charge in [0.05, 0.1) is 10.6 Å². The van der Waals surface area contributed by atoms with E-state index in [-0.39, 0.29) is 5.91 Å². The van der Waals surface area contributed by atoms with Crippen molar-refractivity contribution < 1.29 is 4.79 Å². The lowest BCUT2D eigenvalue weighted by molar-refractivity contribution is 0.102. The first-order chi connectivity index (χ1) is 12.0. The summed E-state index contributed by atoms with van der Waals surface area (Å²) >= 11 is 12.0. The number of hydrogen-bond donors (Lipinski definition) is 1. The summed E-state index contributed by atoms with van der Waals surface area (Å²) in [7, 11) is 0. The first kappa shape index (κ1) is 17.5. The van der Waals surface area contributed by atoms with E-state index in [2.05, 4.69) is 15.5 Å². The van der Waals surface area contributed by atoms with E-state index < -0.39 is 0 Å². The number of nitrogens with one attached hydrogen (secondary N) is 1. The van der Waals surface area contributed by atoms with Crippen molar-refractivity contribution >= 4 is 34.8 Å². The van der Waals surface area contributed by atoms with Crippen molar-refractivity contribution in [3.05, 3.63) is 69.7 Å². The van der Waals surface area contributed by atoms with Crippen LogP contribution in [0.3, 0.4) is 0 Å². The fourth-order valence-corrected chi connectivity index (χ4v) is 3.13. The quantitative estimate of drug-likeness (QED) is 0.719. The molecule has 7 heteroatoms. The zero-order valence-corrected chi connectivity index (χ0v) is 15.3. The molecule has 128 valence electrons. The van der Waals surface area contributed by atoms with Crippen molar-refractivity contribution in [1.29, 1.82) is 0 Å². The van der Waals surface area contributed by atoms with Crippen LogP contribution in [0.2, 0.25) is 10.0 Å². The smallest absolute Gasteiger partial charge is 0.257 e. The van der Waals surface area contributed by atoms with Gasteiger partial charge in [-0.1, -0.05) is 30.1 Å². The number of rotatable bonds is 4. The predicted molar refractivity (Wildman–Crippen MR) is 99.9 cm³/mol. The molecule has 1 N–H and O–H groups in total. The minimum absolute atomic E-state index is 0.267. The maximum absolute atomic E-state index is 12.6. The number of benzene rings is 2. The van der Waals surface area contributed by atoms with Crippen LogP contribution in [0.4, 0.5) is 5.69 Å². The minimum atomic E-state index is -0.267. The number of amides is 1. The maximum Gasteiger partial charge on any atom is 0.257 e. The zero-order valence-electron chi connectivity index (χ0n) is 13.8. The molecule has 1 heterocycles. The third-order valence-electron chi connectivity index (χ3n) is 3.91. The maximum atomic E-state index is 12.6. The number of aromatic nitrogens is 3. The Hall–Kier alpha value is -2.37. The first-order valence-electron chi connectivity index (χ1n) is 7.74. The molecule has 0 saturated heterocycles. The Balaban J connectivity index is 1.95. The molecule has 2 aromatic carbocycles. The molecule has 0 unspecified atom stereocenters. The van der Waals surface area contributed by atoms with Gasteiger partial charge in [0, 0.05) is 16.4 Å². The standard InChI is InChI=1S/C18H16Cl2N4O/c1-3-12-7-14(24-9-21-22-10-24)6-11(2)17(12)23-18(25)15-5-4-13(19)8-16(15)20/h4-10H,3H2,1-2H3,(H,23,25). The van der Waals surface area contributed by atoms with Crippen LogP contribution < -0.4 is 5.32 Å². The Morgan fingerprint density at radius 2 is 1.88 bits per heavy atom. The molecule has 1 aromatic heterocycles. The van der Waals surface area contributed by atoms with Crippen LogP contribution in [0.5, 0.6) is 0 Å². The van der Waals surface area contributed by atoms with E-state index in [1.54, 1.807) is 30.9 Å². The number of carbonyl (C=O) groups excluding carboxylic acids is 1. The molecular formula is C18H16Cl2N4O. The Labute approximate surface area is 155 Å². The number of nitrogens with zero attached hydrogens (tertiary/aromatic N) is 3. The first-order valence-corrected chi connectivity index (χ1v) is 8.50. The van der Waals surface area contributed by atoms with Gasteiger partial charge in [-0.05, 0) is 54.8 Å². The average molecular weight is 375 g/mol. The summed E-state index contributed by atoms with van der Waals surface area (Å²) in [5.41, 5.74) is 4.08. The summed E-state index contributed by atoms with van der Waals surface area (Å²) in [6, 6.07) is 8.80. The summed E-state index contributed by atoms with van der Waals surface area (Å²) in [4.78, 5) is 12.6. The Kier molecular flexibility index (Phi) is 5.06. The Morgan fingerprint density at radius 3 is 2.52 bits per heavy atom. The van der Waals surface area contributed by atoms with Crippen LogP contribution >= 0.6 is 23.2 Å². The largest absolute Gasteiger partial charge is 0.321 e. The van der Waals surface area contributed by atoms with Crippen molar-refractivity contribution in [2.75, 3.05) is 5.32 Å². The highest BCUT2D eigenvalue weighted by Gasteiger charge is 2.15. The summed E-state index contributed by atoms with van der Waals surface area (Å²) in [5, 5.41) is 11.4. The van der Waals surface area contributed by atoms with E-state index in [4.69, 9.17) is 23.2 Å². The summed E-state index contributed by atoms with van der Waals surface area (Å²) < 4.78 is 1.83. The Morgan fingerprint density at radius 1 is 1.16 bits per heavy atom. The summed E-state index contributed by atoms with van der Waals surface area (Å²) in [6.45, 7) is 3.99. The van der Waals surface area contributed by atoms with Gasteiger partial charge in [-0.15, -0.1) is 10.2 Å². The van der Waals surface area contributed by atoms with Gasteiger partial charge in [0.25, 0.3) is 5.91 Å². The molecule has 0 aliphatic rings. The Bertz CT molecular complexity index is 923. The monoisotopic (exact) mass is 374 g/mol. The number of anilines is 1. The van der Waals surface area contributed by atoms with Gasteiger partial charge in [-0.25, -0.2) is 0 Å². The fraction of sp³-hybridized carbons (Fsp3) is 0.167. The predicted octanol–water partition coefficient (Wildman–Crippen LogP) is 4.70. The fourth-order valence-electron chi connectivity index (χ4n) is 2.63. The highest BCUT2D eigenvalue weighted by atomic mass is 35.5. The van der Waals surface area contributed by atoms with Crippen LogP contribution in [0, 0.1) is 6.92 Å². The van der Waals surface area contributed by atoms with E-state index in [1.165, 1.54) is 0 Å². The van der Waals surface area contributed by atoms with Crippen molar-refractivity contribution in [2.24, 2.45) is 0 Å². The lowest BCUT2D eigenvalue weighted by Gasteiger charge is -2.16. The number of hydrogen-bond acceptors (Lipinski definition) is 3. The molecule has 0 spiro atoms. The molecule has 25 heavy (non-hydrogen) atoms. The molecule has 0 saturated carbocycles. The van der Waals surface area contributed by atoms with Crippen LogP contribution in [-0.4, -0.2) is 20.7 Å². The van der Waals surface area contributed by atoms with E-state index in [0.29, 0.717) is 15.6 Å². The third-order valence-corrected chi connectivity index (χ3v) is 4.46. The normalized spacial score (nSPS) is 10.7. The lowest BCUT2D eigenvalue weighted by Crippen LogP contribution is -2.15. The average Bonchev–Trinajstić information content (AvgIpc) is 3.10. The van der Waals surface area contributed by atoms with Crippen LogP contribution in [0.15, 0.2) is 43.0 Å². The second-order valence-corrected chi connectivity index (χ2v) is 6.44. The summed E-state index contributed by atoms with van der Waals surface area (Å²) in [6.07, 6.45) is 4.04. The number of halogens is 2. The van der Waals surface area contributed by atoms with Crippen molar-refractivity contribution in [2.45, 2.75) is 20.3 Å². The topological polar surface area (TPSA) is 59.8 Å². The molecule has 5 nitrogen and oxygen atoms in total. The molecule has 0 bridgehead atoms. The van der Waals surface area contributed by atoms with E-state index >= 15 is 0 Å². The molecule has 0 fully saturated rings. The second-order valence-electron chi connectivity index (χ2n) is 5.60. The lowest BCUT2D eigenvalue weighted by atomic mass is 10.0. The third kappa shape index (κ3) is 3.67. The van der Waals surface area contributed by atoms with Gasteiger partial charge < -0.3 is 5.32 Å². The number of carbonyl (C=O) groups is 1. The SMILES string of the molecule is CCc1cc(-n2cnnc2)cc(C)c1NC(=O)c1ccc(Cl)cc1Cl. The molecular weight excluding hydrogens is 359 g/mol. The van der Waals surface area contributed by atoms with Gasteiger partial charge in [-0.2, -0.15) is 0 Å². The molecule has 3 aromatic rings. The van der Waals surface area contributed by atoms with Gasteiger partial charge in [-0.3, -0.25) is 9.36 Å². The van der Waals surface area contributed by atoms with E-state index in [9.17, 15) is 4.79 Å². The molecule has 0 atom stereocenters. The molecule has 1 amide bonds. The number of aryl methyl sites for hydroxylation is 2. The van der Waals surface area contributed by atoms with Crippen LogP contribution in [-0.2, 0) is 6.42 Å². The van der Waals surface area contributed by atoms with Crippen LogP contribution in [0.25, 0.3) is 5.69 Å².